The molecule has 0 amide bonds. The van der Waals surface area contributed by atoms with Gasteiger partial charge >= 0.3 is 0 Å². The Hall–Kier alpha value is -1.51. The Labute approximate surface area is 95.0 Å². The molecule has 0 unspecified atom stereocenters. The number of aryl methyl sites for hydroxylation is 1. The van der Waals surface area contributed by atoms with Crippen molar-refractivity contribution in [2.75, 3.05) is 0 Å². The van der Waals surface area contributed by atoms with E-state index in [9.17, 15) is 9.90 Å². The number of phenols is 1. The molecule has 86 valence electrons. The highest BCUT2D eigenvalue weighted by molar-refractivity contribution is 5.95. The van der Waals surface area contributed by atoms with Crippen LogP contribution in [0.5, 0.6) is 11.5 Å². The van der Waals surface area contributed by atoms with Crippen molar-refractivity contribution in [3.05, 3.63) is 23.3 Å². The minimum absolute atomic E-state index is 0.0390. The van der Waals surface area contributed by atoms with Crippen molar-refractivity contribution in [3.63, 3.8) is 0 Å². The summed E-state index contributed by atoms with van der Waals surface area (Å²) < 4.78 is 5.72. The average Bonchev–Trinajstić information content (AvgIpc) is 2.18. The second-order valence-electron chi connectivity index (χ2n) is 4.90. The van der Waals surface area contributed by atoms with Crippen LogP contribution in [-0.2, 0) is 6.42 Å². The van der Waals surface area contributed by atoms with Crippen LogP contribution in [-0.4, -0.2) is 16.5 Å². The third kappa shape index (κ3) is 1.90. The molecule has 1 aromatic rings. The van der Waals surface area contributed by atoms with Gasteiger partial charge in [0.05, 0.1) is 0 Å². The maximum Gasteiger partial charge on any atom is 0.164 e. The largest absolute Gasteiger partial charge is 0.504 e. The third-order valence-corrected chi connectivity index (χ3v) is 2.93. The first kappa shape index (κ1) is 11.0. The molecular weight excluding hydrogens is 204 g/mol. The number of hydrogen-bond donors (Lipinski definition) is 1. The van der Waals surface area contributed by atoms with E-state index in [2.05, 4.69) is 0 Å². The van der Waals surface area contributed by atoms with Gasteiger partial charge in [0.2, 0.25) is 0 Å². The van der Waals surface area contributed by atoms with E-state index >= 15 is 0 Å². The van der Waals surface area contributed by atoms with E-state index in [4.69, 9.17) is 4.74 Å². The van der Waals surface area contributed by atoms with Gasteiger partial charge in [0.15, 0.2) is 17.3 Å². The first-order valence-electron chi connectivity index (χ1n) is 5.45. The van der Waals surface area contributed by atoms with E-state index in [-0.39, 0.29) is 17.1 Å². The lowest BCUT2D eigenvalue weighted by molar-refractivity contribution is 0.0805. The number of ether oxygens (including phenoxy) is 1. The SMILES string of the molecule is CC(=O)c1cc(O)c2c(c1)CCC(C)(C)O2. The van der Waals surface area contributed by atoms with Crippen molar-refractivity contribution in [1.29, 1.82) is 0 Å². The second kappa shape index (κ2) is 3.51. The van der Waals surface area contributed by atoms with Crippen molar-refractivity contribution in [2.45, 2.75) is 39.2 Å². The maximum atomic E-state index is 11.3. The number of carbonyl (C=O) groups is 1. The Kier molecular flexibility index (Phi) is 2.41. The molecule has 1 aliphatic rings. The van der Waals surface area contributed by atoms with Crippen LogP contribution in [0.25, 0.3) is 0 Å². The third-order valence-electron chi connectivity index (χ3n) is 2.93. The summed E-state index contributed by atoms with van der Waals surface area (Å²) in [5.41, 5.74) is 1.21. The van der Waals surface area contributed by atoms with Crippen LogP contribution < -0.4 is 4.74 Å². The zero-order chi connectivity index (χ0) is 11.9. The summed E-state index contributed by atoms with van der Waals surface area (Å²) >= 11 is 0. The second-order valence-corrected chi connectivity index (χ2v) is 4.90. The fraction of sp³-hybridized carbons (Fsp3) is 0.462. The molecule has 0 saturated carbocycles. The molecule has 3 nitrogen and oxygen atoms in total. The van der Waals surface area contributed by atoms with Gasteiger partial charge in [0, 0.05) is 5.56 Å². The number of benzene rings is 1. The smallest absolute Gasteiger partial charge is 0.164 e. The monoisotopic (exact) mass is 220 g/mol. The molecular formula is C13H16O3. The van der Waals surface area contributed by atoms with Gasteiger partial charge in [-0.2, -0.15) is 0 Å². The predicted molar refractivity (Wildman–Crippen MR) is 61.1 cm³/mol. The van der Waals surface area contributed by atoms with Gasteiger partial charge in [-0.3, -0.25) is 4.79 Å². The molecule has 0 fully saturated rings. The first-order valence-corrected chi connectivity index (χ1v) is 5.45. The topological polar surface area (TPSA) is 46.5 Å². The average molecular weight is 220 g/mol. The Bertz CT molecular complexity index is 447. The standard InChI is InChI=1S/C13H16O3/c1-8(14)10-6-9-4-5-13(2,3)16-12(9)11(15)7-10/h6-7,15H,4-5H2,1-3H3. The zero-order valence-corrected chi connectivity index (χ0v) is 9.83. The summed E-state index contributed by atoms with van der Waals surface area (Å²) in [4.78, 5) is 11.3. The first-order chi connectivity index (χ1) is 7.39. The van der Waals surface area contributed by atoms with Crippen molar-refractivity contribution in [2.24, 2.45) is 0 Å². The molecule has 0 aliphatic carbocycles. The highest BCUT2D eigenvalue weighted by atomic mass is 16.5. The van der Waals surface area contributed by atoms with E-state index in [0.29, 0.717) is 11.3 Å². The minimum Gasteiger partial charge on any atom is -0.504 e. The number of phenolic OH excluding ortho intramolecular Hbond substituents is 1. The molecule has 1 heterocycles. The molecule has 2 rings (SSSR count). The van der Waals surface area contributed by atoms with Crippen LogP contribution in [0.3, 0.4) is 0 Å². The van der Waals surface area contributed by atoms with Crippen molar-refractivity contribution in [3.8, 4) is 11.5 Å². The van der Waals surface area contributed by atoms with Gasteiger partial charge in [0.1, 0.15) is 5.60 Å². The zero-order valence-electron chi connectivity index (χ0n) is 9.83. The molecule has 0 bridgehead atoms. The summed E-state index contributed by atoms with van der Waals surface area (Å²) in [5.74, 6) is 0.555. The highest BCUT2D eigenvalue weighted by Crippen LogP contribution is 2.40. The molecule has 16 heavy (non-hydrogen) atoms. The van der Waals surface area contributed by atoms with Gasteiger partial charge in [0.25, 0.3) is 0 Å². The van der Waals surface area contributed by atoms with Crippen LogP contribution in [0.4, 0.5) is 0 Å². The van der Waals surface area contributed by atoms with Gasteiger partial charge in [-0.25, -0.2) is 0 Å². The van der Waals surface area contributed by atoms with E-state index < -0.39 is 0 Å². The van der Waals surface area contributed by atoms with Gasteiger partial charge < -0.3 is 9.84 Å². The molecule has 0 aromatic heterocycles. The quantitative estimate of drug-likeness (QED) is 0.740. The lowest BCUT2D eigenvalue weighted by Gasteiger charge is -2.33. The van der Waals surface area contributed by atoms with Gasteiger partial charge in [-0.1, -0.05) is 0 Å². The highest BCUT2D eigenvalue weighted by Gasteiger charge is 2.29. The molecule has 0 atom stereocenters. The molecule has 0 saturated heterocycles. The Morgan fingerprint density at radius 1 is 1.44 bits per heavy atom. The van der Waals surface area contributed by atoms with Crippen LogP contribution >= 0.6 is 0 Å². The molecule has 1 N–H and O–H groups in total. The number of rotatable bonds is 1. The number of aromatic hydroxyl groups is 1. The number of hydrogen-bond acceptors (Lipinski definition) is 3. The van der Waals surface area contributed by atoms with Crippen LogP contribution in [0.1, 0.15) is 43.1 Å². The summed E-state index contributed by atoms with van der Waals surface area (Å²) in [5, 5.41) is 9.84. The van der Waals surface area contributed by atoms with Crippen LogP contribution in [0, 0.1) is 0 Å². The van der Waals surface area contributed by atoms with E-state index in [1.807, 2.05) is 19.9 Å². The molecule has 1 aromatic carbocycles. The predicted octanol–water partition coefficient (Wildman–Crippen LogP) is 2.70. The molecule has 0 radical (unpaired) electrons. The van der Waals surface area contributed by atoms with E-state index in [1.54, 1.807) is 0 Å². The summed E-state index contributed by atoms with van der Waals surface area (Å²) in [6.07, 6.45) is 1.72. The van der Waals surface area contributed by atoms with E-state index in [1.165, 1.54) is 13.0 Å². The van der Waals surface area contributed by atoms with Crippen molar-refractivity contribution >= 4 is 5.78 Å². The Morgan fingerprint density at radius 2 is 2.12 bits per heavy atom. The normalized spacial score (nSPS) is 17.4. The minimum atomic E-state index is -0.248. The molecule has 3 heteroatoms. The van der Waals surface area contributed by atoms with Crippen molar-refractivity contribution in [1.82, 2.24) is 0 Å². The van der Waals surface area contributed by atoms with Crippen LogP contribution in [0.2, 0.25) is 0 Å². The van der Waals surface area contributed by atoms with Crippen LogP contribution in [0.15, 0.2) is 12.1 Å². The number of ketones is 1. The lowest BCUT2D eigenvalue weighted by atomic mass is 9.92. The van der Waals surface area contributed by atoms with E-state index in [0.717, 1.165) is 18.4 Å². The fourth-order valence-corrected chi connectivity index (χ4v) is 1.94. The number of fused-ring (bicyclic) bond motifs is 1. The van der Waals surface area contributed by atoms with Gasteiger partial charge in [-0.05, 0) is 51.3 Å². The van der Waals surface area contributed by atoms with Crippen molar-refractivity contribution < 1.29 is 14.6 Å². The summed E-state index contributed by atoms with van der Waals surface area (Å²) in [6.45, 7) is 5.48. The number of Topliss-reactive ketones (excluding diaryl/α,β-unsaturated/α-hetero) is 1. The summed E-state index contributed by atoms with van der Waals surface area (Å²) in [7, 11) is 0. The molecule has 1 aliphatic heterocycles. The summed E-state index contributed by atoms with van der Waals surface area (Å²) in [6, 6.07) is 3.29. The Morgan fingerprint density at radius 3 is 2.75 bits per heavy atom. The molecule has 0 spiro atoms. The number of carbonyl (C=O) groups excluding carboxylic acids is 1. The maximum absolute atomic E-state index is 11.3. The lowest BCUT2D eigenvalue weighted by Crippen LogP contribution is -2.32. The van der Waals surface area contributed by atoms with Gasteiger partial charge in [-0.15, -0.1) is 0 Å². The Balaban J connectivity index is 2.48. The fourth-order valence-electron chi connectivity index (χ4n) is 1.94.